The molecule has 13 N–H and O–H groups in total. The Kier molecular flexibility index (Phi) is 24.3. The van der Waals surface area contributed by atoms with Gasteiger partial charge in [0.15, 0.2) is 6.23 Å². The van der Waals surface area contributed by atoms with E-state index in [4.69, 9.17) is 9.47 Å². The summed E-state index contributed by atoms with van der Waals surface area (Å²) in [5, 5.41) is 115. The molecule has 4 fully saturated rings. The Labute approximate surface area is 544 Å². The summed E-state index contributed by atoms with van der Waals surface area (Å²) in [5.74, 6) is -9.88. The van der Waals surface area contributed by atoms with Crippen LogP contribution in [0, 0.1) is 5.92 Å². The van der Waals surface area contributed by atoms with E-state index in [-0.39, 0.29) is 47.5 Å². The highest BCUT2D eigenvalue weighted by atomic mass is 16.5. The Hall–Kier alpha value is -8.12. The van der Waals surface area contributed by atoms with Crippen LogP contribution in [-0.2, 0) is 38.3 Å². The van der Waals surface area contributed by atoms with Gasteiger partial charge in [-0.05, 0) is 84.5 Å². The Morgan fingerprint density at radius 2 is 1.27 bits per heavy atom. The Morgan fingerprint density at radius 3 is 1.85 bits per heavy atom. The molecule has 0 aliphatic carbocycles. The average Bonchev–Trinajstić information content (AvgIpc) is 1.53. The summed E-state index contributed by atoms with van der Waals surface area (Å²) in [6, 6.07) is 14.3. The summed E-state index contributed by atoms with van der Waals surface area (Å²) in [6.45, 7) is 5.87. The summed E-state index contributed by atoms with van der Waals surface area (Å²) in [4.78, 5) is 117. The number of unbranched alkanes of at least 4 members (excludes halogenated alkanes) is 2. The van der Waals surface area contributed by atoms with E-state index in [1.807, 2.05) is 48.5 Å². The number of nitrogens with one attached hydrogen (secondary N) is 5. The number of aliphatic hydroxyl groups excluding tert-OH is 7. The first kappa shape index (κ1) is 71.7. The molecule has 0 saturated carbocycles. The van der Waals surface area contributed by atoms with Crippen molar-refractivity contribution in [1.29, 1.82) is 0 Å². The van der Waals surface area contributed by atoms with Gasteiger partial charge in [0.2, 0.25) is 35.4 Å². The molecule has 4 aliphatic rings. The summed E-state index contributed by atoms with van der Waals surface area (Å²) in [6.07, 6.45) is -12.4. The van der Waals surface area contributed by atoms with Crippen LogP contribution in [0.4, 0.5) is 0 Å². The number of carboxylic acids is 1. The van der Waals surface area contributed by atoms with Crippen LogP contribution < -0.4 is 36.4 Å². The smallest absolute Gasteiger partial charge is 0.251 e. The van der Waals surface area contributed by atoms with Crippen molar-refractivity contribution >= 4 is 47.3 Å². The van der Waals surface area contributed by atoms with E-state index >= 15 is 0 Å². The quantitative estimate of drug-likeness (QED) is 0.0367. The van der Waals surface area contributed by atoms with Crippen molar-refractivity contribution in [1.82, 2.24) is 36.4 Å². The van der Waals surface area contributed by atoms with Gasteiger partial charge in [0.25, 0.3) is 5.91 Å². The van der Waals surface area contributed by atoms with Crippen LogP contribution in [0.3, 0.4) is 0 Å². The number of hydrogen-bond donors (Lipinski definition) is 13. The minimum absolute atomic E-state index is 0.0117. The Bertz CT molecular complexity index is 3290. The SMILES string of the molecule is CCCCCOc1ccc(-c2ccc(-c3ccc(C(=O)N[C@H]4C[C@@H](O)[C@@H](OCC5CCC[N+]5(C)CCC(=O)[O-])NC(=O)[C@@H]5[C@@H](O)[C@@H](C)CN5C(=O)[C@H]([C@@H](C)O)NC(=O)[C@H]([C@H](O)[C@@H](O)c5ccc(O)cc5)NC(=O)[C@@H]5C[C@@H](O)CN5C(=O)[C@H]([C@@H](C)O)NC4=O)cc3)cc2)cc1. The number of carbonyl (C=O) groups excluding carboxylic acids is 8. The molecule has 27 nitrogen and oxygen atoms in total. The molecule has 0 spiro atoms. The number of hydrogen-bond acceptors (Lipinski definition) is 19. The number of carboxylic acid groups (broad SMARTS) is 1. The lowest BCUT2D eigenvalue weighted by molar-refractivity contribution is -0.921. The number of likely N-dealkylation sites (N-methyl/N-ethyl adjacent to an activating group) is 1. The molecule has 17 atom stereocenters. The molecule has 4 aromatic rings. The number of phenols is 1. The second-order valence-corrected chi connectivity index (χ2v) is 25.4. The maximum atomic E-state index is 15.0. The highest BCUT2D eigenvalue weighted by Crippen LogP contribution is 2.31. The van der Waals surface area contributed by atoms with Crippen LogP contribution in [0.2, 0.25) is 0 Å². The monoisotopic (exact) mass is 1310 g/mol. The number of aliphatic carboxylic acids is 1. The van der Waals surface area contributed by atoms with Crippen molar-refractivity contribution in [3.05, 3.63) is 108 Å². The fourth-order valence-electron chi connectivity index (χ4n) is 12.7. The van der Waals surface area contributed by atoms with Gasteiger partial charge >= 0.3 is 0 Å². The van der Waals surface area contributed by atoms with E-state index in [9.17, 15) is 84.3 Å². The Balaban J connectivity index is 1.15. The third-order valence-electron chi connectivity index (χ3n) is 18.4. The first-order valence-electron chi connectivity index (χ1n) is 32.0. The minimum Gasteiger partial charge on any atom is -0.550 e. The second-order valence-electron chi connectivity index (χ2n) is 25.4. The minimum atomic E-state index is -2.32. The molecule has 8 rings (SSSR count). The molecule has 510 valence electrons. The van der Waals surface area contributed by atoms with Crippen LogP contribution in [0.25, 0.3) is 22.3 Å². The predicted octanol–water partition coefficient (Wildman–Crippen LogP) is -1.15. The van der Waals surface area contributed by atoms with Gasteiger partial charge in [-0.15, -0.1) is 0 Å². The topological polar surface area (TPSA) is 407 Å². The number of likely N-dealkylation sites (tertiary alicyclic amines) is 1. The second kappa shape index (κ2) is 31.9. The van der Waals surface area contributed by atoms with Crippen LogP contribution >= 0.6 is 0 Å². The molecule has 4 aliphatic heterocycles. The van der Waals surface area contributed by atoms with Crippen LogP contribution in [-0.4, -0.2) is 234 Å². The molecule has 0 bridgehead atoms. The van der Waals surface area contributed by atoms with Gasteiger partial charge in [0.05, 0.1) is 51.2 Å². The third kappa shape index (κ3) is 17.4. The molecule has 4 heterocycles. The molecule has 27 heteroatoms. The molecule has 0 radical (unpaired) electrons. The molecule has 4 aromatic carbocycles. The summed E-state index contributed by atoms with van der Waals surface area (Å²) in [7, 11) is 1.80. The molecule has 94 heavy (non-hydrogen) atoms. The van der Waals surface area contributed by atoms with Crippen molar-refractivity contribution in [3.63, 3.8) is 0 Å². The molecule has 0 aromatic heterocycles. The normalized spacial score (nSPS) is 28.7. The van der Waals surface area contributed by atoms with Crippen molar-refractivity contribution in [3.8, 4) is 33.8 Å². The van der Waals surface area contributed by atoms with E-state index < -0.39 is 164 Å². The number of amides is 7. The number of rotatable bonds is 20. The van der Waals surface area contributed by atoms with Crippen LogP contribution in [0.1, 0.15) is 101 Å². The van der Waals surface area contributed by atoms with E-state index in [1.54, 1.807) is 19.2 Å². The number of phenolic OH excluding ortho intramolecular Hbond substituents is 1. The van der Waals surface area contributed by atoms with Gasteiger partial charge in [-0.3, -0.25) is 33.6 Å². The molecule has 7 amide bonds. The van der Waals surface area contributed by atoms with Crippen LogP contribution in [0.5, 0.6) is 11.5 Å². The zero-order valence-electron chi connectivity index (χ0n) is 53.3. The number of ether oxygens (including phenoxy) is 2. The zero-order valence-corrected chi connectivity index (χ0v) is 53.3. The number of carbonyl (C=O) groups is 8. The number of quaternary nitrogens is 1. The lowest BCUT2D eigenvalue weighted by Crippen LogP contribution is -2.64. The summed E-state index contributed by atoms with van der Waals surface area (Å²) in [5.41, 5.74) is 3.34. The van der Waals surface area contributed by atoms with E-state index in [2.05, 4.69) is 33.5 Å². The van der Waals surface area contributed by atoms with Crippen LogP contribution in [0.15, 0.2) is 97.1 Å². The standard InChI is InChI=1S/C67H88N8O19/c1-6-7-8-30-93-48-25-21-42(22-26-48)40-13-11-39(12-14-40)41-15-17-44(18-16-41)60(86)68-49-32-51(80)65(94-35-45-10-9-28-75(45,5)29-27-52(81)82)72-64(90)56-57(83)36(2)33-74(56)67(92)54(38(4)77)70-63(89)55(59(85)58(84)43-19-23-46(78)24-20-43)71-62(88)50-31-47(79)34-73(50)66(91)53(37(3)76)69-61(49)87/h11-26,36-38,45,47,49-51,53-59,65,76-77,79-80,83-85H,6-10,27-35H2,1-5H3,(H6-,68,69,70,71,72,78,81,82,86,87,88,89,90)/t36-,37+,38+,45?,47+,49-,50-,51+,53-,54-,55-,56-,57-,58-,59-,65+,75?/m0/s1. The largest absolute Gasteiger partial charge is 0.550 e. The number of aliphatic hydroxyl groups is 7. The molecular weight excluding hydrogens is 1220 g/mol. The number of fused-ring (bicyclic) bond motifs is 2. The highest BCUT2D eigenvalue weighted by molar-refractivity contribution is 6.00. The van der Waals surface area contributed by atoms with Crippen molar-refractivity contribution in [2.24, 2.45) is 5.92 Å². The molecule has 2 unspecified atom stereocenters. The highest BCUT2D eigenvalue weighted by Gasteiger charge is 2.51. The van der Waals surface area contributed by atoms with E-state index in [0.29, 0.717) is 31.6 Å². The third-order valence-corrected chi connectivity index (χ3v) is 18.4. The van der Waals surface area contributed by atoms with Gasteiger partial charge < -0.3 is 101 Å². The number of nitrogens with zero attached hydrogens (tertiary/aromatic N) is 3. The van der Waals surface area contributed by atoms with Crippen molar-refractivity contribution in [2.75, 3.05) is 46.4 Å². The zero-order chi connectivity index (χ0) is 68.3. The predicted molar refractivity (Wildman–Crippen MR) is 336 cm³/mol. The first-order chi connectivity index (χ1) is 44.7. The first-order valence-corrected chi connectivity index (χ1v) is 32.0. The lowest BCUT2D eigenvalue weighted by atomic mass is 9.96. The average molecular weight is 1310 g/mol. The van der Waals surface area contributed by atoms with Gasteiger partial charge in [0.1, 0.15) is 78.7 Å². The van der Waals surface area contributed by atoms with Gasteiger partial charge in [-0.1, -0.05) is 87.4 Å². The van der Waals surface area contributed by atoms with Gasteiger partial charge in [-0.25, -0.2) is 0 Å². The molecule has 4 saturated heterocycles. The molecular formula is C67H88N8O19. The maximum Gasteiger partial charge on any atom is 0.251 e. The fraction of sp³-hybridized carbons (Fsp3) is 0.522. The van der Waals surface area contributed by atoms with Gasteiger partial charge in [0, 0.05) is 62.6 Å². The Morgan fingerprint density at radius 1 is 0.702 bits per heavy atom. The van der Waals surface area contributed by atoms with Crippen molar-refractivity contribution in [2.45, 2.75) is 170 Å². The van der Waals surface area contributed by atoms with E-state index in [1.165, 1.54) is 31.2 Å². The maximum absolute atomic E-state index is 15.0. The fourth-order valence-corrected chi connectivity index (χ4v) is 12.7. The van der Waals surface area contributed by atoms with Gasteiger partial charge in [-0.2, -0.15) is 0 Å². The van der Waals surface area contributed by atoms with Crippen molar-refractivity contribution < 1.29 is 98.3 Å². The number of benzene rings is 4. The lowest BCUT2D eigenvalue weighted by Gasteiger charge is -2.38. The van der Waals surface area contributed by atoms with E-state index in [0.717, 1.165) is 77.5 Å². The summed E-state index contributed by atoms with van der Waals surface area (Å²) >= 11 is 0. The number of aromatic hydroxyl groups is 1. The summed E-state index contributed by atoms with van der Waals surface area (Å²) < 4.78 is 12.4.